The van der Waals surface area contributed by atoms with E-state index < -0.39 is 0 Å². The summed E-state index contributed by atoms with van der Waals surface area (Å²) in [7, 11) is 1.85. The van der Waals surface area contributed by atoms with Gasteiger partial charge in [-0.2, -0.15) is 0 Å². The molecular formula is C21H44N4O. The maximum absolute atomic E-state index is 11.0. The van der Waals surface area contributed by atoms with E-state index in [4.69, 9.17) is 0 Å². The van der Waals surface area contributed by atoms with Crippen LogP contribution in [0.25, 0.3) is 0 Å². The predicted molar refractivity (Wildman–Crippen MR) is 112 cm³/mol. The Labute approximate surface area is 162 Å². The predicted octanol–water partition coefficient (Wildman–Crippen LogP) is 2.51. The zero-order chi connectivity index (χ0) is 19.4. The molecule has 0 aliphatic carbocycles. The van der Waals surface area contributed by atoms with E-state index in [9.17, 15) is 4.79 Å². The second-order valence-corrected chi connectivity index (χ2v) is 8.41. The Morgan fingerprint density at radius 3 is 2.31 bits per heavy atom. The van der Waals surface area contributed by atoms with Crippen LogP contribution in [0, 0.1) is 0 Å². The normalized spacial score (nSPS) is 22.3. The van der Waals surface area contributed by atoms with E-state index in [1.165, 1.54) is 58.3 Å². The maximum atomic E-state index is 11.0. The number of ketones is 1. The zero-order valence-corrected chi connectivity index (χ0v) is 18.0. The first kappa shape index (κ1) is 23.5. The van der Waals surface area contributed by atoms with Gasteiger partial charge in [0, 0.05) is 37.6 Å². The summed E-state index contributed by atoms with van der Waals surface area (Å²) in [4.78, 5) is 16.4. The number of hydrogen-bond acceptors (Lipinski definition) is 5. The lowest BCUT2D eigenvalue weighted by molar-refractivity contribution is -0.118. The van der Waals surface area contributed by atoms with E-state index in [0.717, 1.165) is 18.6 Å². The number of piperidine rings is 2. The molecule has 0 aromatic rings. The van der Waals surface area contributed by atoms with Gasteiger partial charge in [0.15, 0.2) is 0 Å². The summed E-state index contributed by atoms with van der Waals surface area (Å²) in [6, 6.07) is 1.99. The third-order valence-corrected chi connectivity index (χ3v) is 5.43. The molecule has 26 heavy (non-hydrogen) atoms. The first-order valence-corrected chi connectivity index (χ1v) is 10.8. The summed E-state index contributed by atoms with van der Waals surface area (Å²) in [6.45, 7) is 15.4. The Morgan fingerprint density at radius 1 is 1.04 bits per heavy atom. The molecule has 5 nitrogen and oxygen atoms in total. The van der Waals surface area contributed by atoms with Crippen molar-refractivity contribution in [2.24, 2.45) is 0 Å². The second-order valence-electron chi connectivity index (χ2n) is 8.41. The highest BCUT2D eigenvalue weighted by Crippen LogP contribution is 2.21. The number of nitrogens with zero attached hydrogens (tertiary/aromatic N) is 2. The topological polar surface area (TPSA) is 47.6 Å². The molecule has 154 valence electrons. The molecule has 0 aromatic heterocycles. The molecule has 2 aliphatic heterocycles. The minimum atomic E-state index is 0.271. The SMILES string of the molecule is CC(C)N1CCCC(N2CCCCC2)C1.CNCCC(=O)CNC(C)C. The fourth-order valence-electron chi connectivity index (χ4n) is 3.70. The number of nitrogens with one attached hydrogen (secondary N) is 2. The average molecular weight is 369 g/mol. The van der Waals surface area contributed by atoms with Crippen LogP contribution < -0.4 is 10.6 Å². The first-order valence-electron chi connectivity index (χ1n) is 10.8. The van der Waals surface area contributed by atoms with Gasteiger partial charge in [0.1, 0.15) is 5.78 Å². The minimum Gasteiger partial charge on any atom is -0.319 e. The summed E-state index contributed by atoms with van der Waals surface area (Å²) < 4.78 is 0. The largest absolute Gasteiger partial charge is 0.319 e. The third kappa shape index (κ3) is 10.0. The van der Waals surface area contributed by atoms with Crippen LogP contribution in [-0.2, 0) is 4.79 Å². The van der Waals surface area contributed by atoms with Crippen molar-refractivity contribution in [1.29, 1.82) is 0 Å². The van der Waals surface area contributed by atoms with Crippen molar-refractivity contribution in [1.82, 2.24) is 20.4 Å². The van der Waals surface area contributed by atoms with Crippen molar-refractivity contribution >= 4 is 5.78 Å². The molecule has 2 saturated heterocycles. The molecule has 2 heterocycles. The van der Waals surface area contributed by atoms with Crippen LogP contribution in [0.15, 0.2) is 0 Å². The lowest BCUT2D eigenvalue weighted by atomic mass is 10.00. The minimum absolute atomic E-state index is 0.271. The lowest BCUT2D eigenvalue weighted by Gasteiger charge is -2.42. The molecule has 0 aromatic carbocycles. The maximum Gasteiger partial charge on any atom is 0.147 e. The van der Waals surface area contributed by atoms with Crippen molar-refractivity contribution in [3.05, 3.63) is 0 Å². The number of carbonyl (C=O) groups is 1. The summed E-state index contributed by atoms with van der Waals surface area (Å²) in [5.41, 5.74) is 0. The lowest BCUT2D eigenvalue weighted by Crippen LogP contribution is -2.51. The second kappa shape index (κ2) is 13.6. The van der Waals surface area contributed by atoms with Gasteiger partial charge in [-0.05, 0) is 66.2 Å². The van der Waals surface area contributed by atoms with Gasteiger partial charge in [-0.25, -0.2) is 0 Å². The van der Waals surface area contributed by atoms with Gasteiger partial charge in [-0.15, -0.1) is 0 Å². The van der Waals surface area contributed by atoms with Crippen molar-refractivity contribution in [3.8, 4) is 0 Å². The number of carbonyl (C=O) groups excluding carboxylic acids is 1. The summed E-state index contributed by atoms with van der Waals surface area (Å²) in [6.07, 6.45) is 7.77. The zero-order valence-electron chi connectivity index (χ0n) is 18.0. The van der Waals surface area contributed by atoms with Gasteiger partial charge in [-0.1, -0.05) is 20.3 Å². The van der Waals surface area contributed by atoms with E-state index >= 15 is 0 Å². The quantitative estimate of drug-likeness (QED) is 0.689. The Balaban J connectivity index is 0.000000276. The number of Topliss-reactive ketones (excluding diaryl/α,β-unsaturated/α-hetero) is 1. The summed E-state index contributed by atoms with van der Waals surface area (Å²) in [5.74, 6) is 0.271. The van der Waals surface area contributed by atoms with E-state index in [-0.39, 0.29) is 5.78 Å². The summed E-state index contributed by atoms with van der Waals surface area (Å²) >= 11 is 0. The Kier molecular flexibility index (Phi) is 12.4. The molecule has 2 fully saturated rings. The molecular weight excluding hydrogens is 324 g/mol. The standard InChI is InChI=1S/C13H26N2.C8H18N2O/c1-12(2)15-10-6-7-13(11-15)14-8-4-3-5-9-14;1-7(2)10-6-8(11)4-5-9-3/h12-13H,3-11H2,1-2H3;7,9-10H,4-6H2,1-3H3. The molecule has 0 radical (unpaired) electrons. The average Bonchev–Trinajstić information content (AvgIpc) is 2.66. The number of likely N-dealkylation sites (tertiary alicyclic amines) is 2. The smallest absolute Gasteiger partial charge is 0.147 e. The Bertz CT molecular complexity index is 367. The van der Waals surface area contributed by atoms with Gasteiger partial charge < -0.3 is 10.6 Å². The van der Waals surface area contributed by atoms with Crippen LogP contribution in [0.2, 0.25) is 0 Å². The van der Waals surface area contributed by atoms with Crippen LogP contribution in [0.1, 0.15) is 66.2 Å². The molecule has 0 saturated carbocycles. The van der Waals surface area contributed by atoms with Gasteiger partial charge in [0.25, 0.3) is 0 Å². The van der Waals surface area contributed by atoms with Crippen LogP contribution in [-0.4, -0.2) is 80.0 Å². The highest BCUT2D eigenvalue weighted by molar-refractivity contribution is 5.80. The van der Waals surface area contributed by atoms with Crippen LogP contribution in [0.3, 0.4) is 0 Å². The number of rotatable bonds is 8. The van der Waals surface area contributed by atoms with Crippen molar-refractivity contribution in [3.63, 3.8) is 0 Å². The molecule has 0 spiro atoms. The molecule has 0 amide bonds. The monoisotopic (exact) mass is 368 g/mol. The Hall–Kier alpha value is -0.490. The summed E-state index contributed by atoms with van der Waals surface area (Å²) in [5, 5.41) is 6.01. The van der Waals surface area contributed by atoms with Gasteiger partial charge in [0.2, 0.25) is 0 Å². The number of hydrogen-bond donors (Lipinski definition) is 2. The molecule has 0 bridgehead atoms. The fourth-order valence-corrected chi connectivity index (χ4v) is 3.70. The van der Waals surface area contributed by atoms with E-state index in [0.29, 0.717) is 19.0 Å². The first-order chi connectivity index (χ1) is 12.4. The van der Waals surface area contributed by atoms with Gasteiger partial charge >= 0.3 is 0 Å². The molecule has 1 unspecified atom stereocenters. The fraction of sp³-hybridized carbons (Fsp3) is 0.952. The highest BCUT2D eigenvalue weighted by atomic mass is 16.1. The van der Waals surface area contributed by atoms with Crippen LogP contribution >= 0.6 is 0 Å². The Morgan fingerprint density at radius 2 is 1.73 bits per heavy atom. The van der Waals surface area contributed by atoms with Gasteiger partial charge in [0.05, 0.1) is 6.54 Å². The van der Waals surface area contributed by atoms with E-state index in [1.807, 2.05) is 20.9 Å². The molecule has 2 N–H and O–H groups in total. The van der Waals surface area contributed by atoms with Crippen molar-refractivity contribution in [2.45, 2.75) is 84.3 Å². The van der Waals surface area contributed by atoms with Crippen molar-refractivity contribution < 1.29 is 4.79 Å². The van der Waals surface area contributed by atoms with E-state index in [2.05, 4.69) is 34.3 Å². The molecule has 1 atom stereocenters. The van der Waals surface area contributed by atoms with Crippen LogP contribution in [0.4, 0.5) is 0 Å². The van der Waals surface area contributed by atoms with Crippen LogP contribution in [0.5, 0.6) is 0 Å². The van der Waals surface area contributed by atoms with E-state index in [1.54, 1.807) is 0 Å². The van der Waals surface area contributed by atoms with Crippen molar-refractivity contribution in [2.75, 3.05) is 46.3 Å². The highest BCUT2D eigenvalue weighted by Gasteiger charge is 2.26. The van der Waals surface area contributed by atoms with Gasteiger partial charge in [-0.3, -0.25) is 14.6 Å². The molecule has 2 aliphatic rings. The third-order valence-electron chi connectivity index (χ3n) is 5.43. The molecule has 5 heteroatoms. The molecule has 2 rings (SSSR count).